The molecule has 0 amide bonds. The SMILES string of the molecule is CCC(C)N(C)CCNc1nc2c(cc1C#N)CCCC2. The summed E-state index contributed by atoms with van der Waals surface area (Å²) in [6.45, 7) is 6.21. The van der Waals surface area contributed by atoms with Gasteiger partial charge in [0.1, 0.15) is 11.9 Å². The molecular weight excluding hydrogens is 260 g/mol. The van der Waals surface area contributed by atoms with Crippen molar-refractivity contribution in [2.75, 3.05) is 25.5 Å². The molecule has 1 aliphatic carbocycles. The summed E-state index contributed by atoms with van der Waals surface area (Å²) in [5, 5.41) is 12.7. The number of pyridine rings is 1. The molecule has 1 heterocycles. The van der Waals surface area contributed by atoms with E-state index in [1.54, 1.807) is 0 Å². The van der Waals surface area contributed by atoms with E-state index in [1.807, 2.05) is 6.07 Å². The first-order valence-corrected chi connectivity index (χ1v) is 8.02. The summed E-state index contributed by atoms with van der Waals surface area (Å²) in [7, 11) is 2.14. The lowest BCUT2D eigenvalue weighted by Gasteiger charge is -2.24. The maximum absolute atomic E-state index is 9.31. The fourth-order valence-electron chi connectivity index (χ4n) is 2.74. The number of nitriles is 1. The number of nitrogens with zero attached hydrogens (tertiary/aromatic N) is 3. The van der Waals surface area contributed by atoms with Gasteiger partial charge in [-0.1, -0.05) is 6.92 Å². The van der Waals surface area contributed by atoms with Gasteiger partial charge in [0, 0.05) is 24.8 Å². The second-order valence-corrected chi connectivity index (χ2v) is 5.97. The van der Waals surface area contributed by atoms with Crippen LogP contribution in [0.25, 0.3) is 0 Å². The van der Waals surface area contributed by atoms with Crippen LogP contribution in [0.5, 0.6) is 0 Å². The molecule has 1 aliphatic rings. The zero-order valence-electron chi connectivity index (χ0n) is 13.4. The van der Waals surface area contributed by atoms with E-state index >= 15 is 0 Å². The molecule has 0 spiro atoms. The van der Waals surface area contributed by atoms with Gasteiger partial charge in [0.2, 0.25) is 0 Å². The summed E-state index contributed by atoms with van der Waals surface area (Å²) in [5.74, 6) is 0.760. The van der Waals surface area contributed by atoms with Gasteiger partial charge in [-0.25, -0.2) is 4.98 Å². The van der Waals surface area contributed by atoms with Gasteiger partial charge in [-0.05, 0) is 57.7 Å². The minimum absolute atomic E-state index is 0.582. The number of rotatable bonds is 6. The molecule has 1 aromatic heterocycles. The van der Waals surface area contributed by atoms with Crippen LogP contribution in [0.2, 0.25) is 0 Å². The zero-order valence-corrected chi connectivity index (χ0v) is 13.4. The number of aryl methyl sites for hydroxylation is 2. The predicted molar refractivity (Wildman–Crippen MR) is 86.5 cm³/mol. The first kappa shape index (κ1) is 15.8. The molecule has 1 aromatic rings. The molecule has 1 N–H and O–H groups in total. The number of aromatic nitrogens is 1. The van der Waals surface area contributed by atoms with Gasteiger partial charge < -0.3 is 10.2 Å². The van der Waals surface area contributed by atoms with Crippen LogP contribution in [0.3, 0.4) is 0 Å². The molecule has 21 heavy (non-hydrogen) atoms. The van der Waals surface area contributed by atoms with Crippen molar-refractivity contribution in [2.24, 2.45) is 0 Å². The third kappa shape index (κ3) is 3.95. The van der Waals surface area contributed by atoms with Crippen LogP contribution in [-0.2, 0) is 12.8 Å². The lowest BCUT2D eigenvalue weighted by Crippen LogP contribution is -2.33. The molecule has 0 radical (unpaired) electrons. The van der Waals surface area contributed by atoms with Crippen molar-refractivity contribution in [1.82, 2.24) is 9.88 Å². The average Bonchev–Trinajstić information content (AvgIpc) is 2.53. The Hall–Kier alpha value is -1.60. The predicted octanol–water partition coefficient (Wildman–Crippen LogP) is 2.97. The largest absolute Gasteiger partial charge is 0.368 e. The highest BCUT2D eigenvalue weighted by Crippen LogP contribution is 2.24. The van der Waals surface area contributed by atoms with Crippen molar-refractivity contribution in [1.29, 1.82) is 5.26 Å². The summed E-state index contributed by atoms with van der Waals surface area (Å²) < 4.78 is 0. The van der Waals surface area contributed by atoms with Crippen LogP contribution in [0.1, 0.15) is 49.9 Å². The van der Waals surface area contributed by atoms with Crippen molar-refractivity contribution in [3.05, 3.63) is 22.9 Å². The van der Waals surface area contributed by atoms with E-state index in [2.05, 4.69) is 37.2 Å². The standard InChI is InChI=1S/C17H26N4/c1-4-13(2)21(3)10-9-19-17-15(12-18)11-14-7-5-6-8-16(14)20-17/h11,13H,4-10H2,1-3H3,(H,19,20). The zero-order chi connectivity index (χ0) is 15.2. The summed E-state index contributed by atoms with van der Waals surface area (Å²) in [5.41, 5.74) is 3.12. The molecule has 4 heteroatoms. The molecule has 0 aliphatic heterocycles. The van der Waals surface area contributed by atoms with Gasteiger partial charge in [-0.2, -0.15) is 5.26 Å². The van der Waals surface area contributed by atoms with Gasteiger partial charge in [0.15, 0.2) is 0 Å². The van der Waals surface area contributed by atoms with Crippen molar-refractivity contribution in [3.63, 3.8) is 0 Å². The molecular formula is C17H26N4. The Labute approximate surface area is 128 Å². The number of hydrogen-bond acceptors (Lipinski definition) is 4. The topological polar surface area (TPSA) is 52.0 Å². The van der Waals surface area contributed by atoms with Crippen LogP contribution in [0, 0.1) is 11.3 Å². The van der Waals surface area contributed by atoms with Crippen molar-refractivity contribution >= 4 is 5.82 Å². The Morgan fingerprint density at radius 3 is 2.90 bits per heavy atom. The van der Waals surface area contributed by atoms with Gasteiger partial charge >= 0.3 is 0 Å². The Balaban J connectivity index is 2.01. The molecule has 0 bridgehead atoms. The van der Waals surface area contributed by atoms with E-state index in [4.69, 9.17) is 4.98 Å². The number of nitrogens with one attached hydrogen (secondary N) is 1. The van der Waals surface area contributed by atoms with Crippen LogP contribution in [-0.4, -0.2) is 36.1 Å². The quantitative estimate of drug-likeness (QED) is 0.873. The van der Waals surface area contributed by atoms with Gasteiger partial charge in [-0.15, -0.1) is 0 Å². The van der Waals surface area contributed by atoms with E-state index in [1.165, 1.54) is 24.1 Å². The second-order valence-electron chi connectivity index (χ2n) is 5.97. The molecule has 4 nitrogen and oxygen atoms in total. The minimum Gasteiger partial charge on any atom is -0.368 e. The number of fused-ring (bicyclic) bond motifs is 1. The molecule has 2 rings (SSSR count). The van der Waals surface area contributed by atoms with Crippen LogP contribution in [0.15, 0.2) is 6.07 Å². The molecule has 0 fully saturated rings. The highest BCUT2D eigenvalue weighted by Gasteiger charge is 2.15. The normalized spacial score (nSPS) is 15.4. The van der Waals surface area contributed by atoms with E-state index < -0.39 is 0 Å². The summed E-state index contributed by atoms with van der Waals surface area (Å²) in [6, 6.07) is 4.89. The van der Waals surface area contributed by atoms with Crippen molar-refractivity contribution in [2.45, 2.75) is 52.0 Å². The van der Waals surface area contributed by atoms with Gasteiger partial charge in [0.05, 0.1) is 5.56 Å². The number of likely N-dealkylation sites (N-methyl/N-ethyl adjacent to an activating group) is 1. The fourth-order valence-corrected chi connectivity index (χ4v) is 2.74. The Bertz CT molecular complexity index is 518. The molecule has 1 atom stereocenters. The third-order valence-electron chi connectivity index (χ3n) is 4.52. The maximum Gasteiger partial charge on any atom is 0.144 e. The Kier molecular flexibility index (Phi) is 5.58. The van der Waals surface area contributed by atoms with E-state index in [0.29, 0.717) is 11.6 Å². The minimum atomic E-state index is 0.582. The summed E-state index contributed by atoms with van der Waals surface area (Å²) >= 11 is 0. The first-order chi connectivity index (χ1) is 10.2. The molecule has 0 saturated heterocycles. The third-order valence-corrected chi connectivity index (χ3v) is 4.52. The molecule has 1 unspecified atom stereocenters. The molecule has 0 saturated carbocycles. The van der Waals surface area contributed by atoms with Crippen LogP contribution < -0.4 is 5.32 Å². The molecule has 114 valence electrons. The van der Waals surface area contributed by atoms with E-state index in [-0.39, 0.29) is 0 Å². The highest BCUT2D eigenvalue weighted by molar-refractivity contribution is 5.54. The monoisotopic (exact) mass is 286 g/mol. The lowest BCUT2D eigenvalue weighted by molar-refractivity contribution is 0.261. The second kappa shape index (κ2) is 7.42. The average molecular weight is 286 g/mol. The fraction of sp³-hybridized carbons (Fsp3) is 0.647. The van der Waals surface area contributed by atoms with E-state index in [0.717, 1.165) is 38.2 Å². The summed E-state index contributed by atoms with van der Waals surface area (Å²) in [4.78, 5) is 7.02. The van der Waals surface area contributed by atoms with Gasteiger partial charge in [0.25, 0.3) is 0 Å². The highest BCUT2D eigenvalue weighted by atomic mass is 15.1. The van der Waals surface area contributed by atoms with E-state index in [9.17, 15) is 5.26 Å². The van der Waals surface area contributed by atoms with Crippen molar-refractivity contribution in [3.8, 4) is 6.07 Å². The number of anilines is 1. The van der Waals surface area contributed by atoms with Gasteiger partial charge in [-0.3, -0.25) is 0 Å². The Morgan fingerprint density at radius 2 is 2.19 bits per heavy atom. The van der Waals surface area contributed by atoms with Crippen LogP contribution >= 0.6 is 0 Å². The first-order valence-electron chi connectivity index (χ1n) is 8.02. The lowest BCUT2D eigenvalue weighted by atomic mass is 9.95. The van der Waals surface area contributed by atoms with Crippen molar-refractivity contribution < 1.29 is 0 Å². The van der Waals surface area contributed by atoms with Crippen LogP contribution in [0.4, 0.5) is 5.82 Å². The number of hydrogen-bond donors (Lipinski definition) is 1. The Morgan fingerprint density at radius 1 is 1.43 bits per heavy atom. The maximum atomic E-state index is 9.31. The smallest absolute Gasteiger partial charge is 0.144 e. The molecule has 0 aromatic carbocycles. The summed E-state index contributed by atoms with van der Waals surface area (Å²) in [6.07, 6.45) is 5.68.